The molecule has 0 radical (unpaired) electrons. The van der Waals surface area contributed by atoms with Gasteiger partial charge in [0.15, 0.2) is 11.5 Å². The Balaban J connectivity index is 1.41. The van der Waals surface area contributed by atoms with Crippen LogP contribution in [-0.2, 0) is 0 Å². The monoisotopic (exact) mass is 493 g/mol. The highest BCUT2D eigenvalue weighted by molar-refractivity contribution is 6.31. The molecule has 5 rings (SSSR count). The number of aromatic nitrogens is 2. The fraction of sp³-hybridized carbons (Fsp3) is 0.259. The van der Waals surface area contributed by atoms with Gasteiger partial charge in [0.2, 0.25) is 0 Å². The van der Waals surface area contributed by atoms with E-state index < -0.39 is 5.82 Å². The molecule has 180 valence electrons. The van der Waals surface area contributed by atoms with Crippen LogP contribution < -0.4 is 15.0 Å². The van der Waals surface area contributed by atoms with Gasteiger partial charge < -0.3 is 9.47 Å². The Kier molecular flexibility index (Phi) is 6.70. The minimum Gasteiger partial charge on any atom is -0.493 e. The predicted molar refractivity (Wildman–Crippen MR) is 135 cm³/mol. The van der Waals surface area contributed by atoms with Crippen LogP contribution in [0.5, 0.6) is 11.5 Å². The summed E-state index contributed by atoms with van der Waals surface area (Å²) < 4.78 is 26.5. The zero-order chi connectivity index (χ0) is 24.4. The van der Waals surface area contributed by atoms with Crippen LogP contribution in [0, 0.1) is 5.82 Å². The lowest BCUT2D eigenvalue weighted by molar-refractivity contribution is 0.230. The number of fused-ring (bicyclic) bond motifs is 1. The fourth-order valence-electron chi connectivity index (χ4n) is 4.38. The van der Waals surface area contributed by atoms with E-state index in [2.05, 4.69) is 9.88 Å². The van der Waals surface area contributed by atoms with Gasteiger partial charge in [-0.2, -0.15) is 0 Å². The molecule has 0 atom stereocenters. The molecule has 8 heteroatoms. The van der Waals surface area contributed by atoms with Gasteiger partial charge in [0.25, 0.3) is 5.56 Å². The number of methoxy groups -OCH3 is 1. The molecule has 0 aliphatic carbocycles. The van der Waals surface area contributed by atoms with Crippen LogP contribution in [0.15, 0.2) is 65.7 Å². The molecule has 2 heterocycles. The molecule has 0 spiro atoms. The average Bonchev–Trinajstić information content (AvgIpc) is 3.39. The van der Waals surface area contributed by atoms with Crippen LogP contribution in [0.2, 0.25) is 5.02 Å². The number of nitrogens with zero attached hydrogens (tertiary/aromatic N) is 3. The summed E-state index contributed by atoms with van der Waals surface area (Å²) in [5.41, 5.74) is 2.50. The molecule has 6 nitrogen and oxygen atoms in total. The van der Waals surface area contributed by atoms with Crippen molar-refractivity contribution in [2.45, 2.75) is 12.8 Å². The van der Waals surface area contributed by atoms with E-state index >= 15 is 0 Å². The number of rotatable bonds is 7. The van der Waals surface area contributed by atoms with E-state index in [-0.39, 0.29) is 10.6 Å². The van der Waals surface area contributed by atoms with E-state index in [0.717, 1.165) is 30.8 Å². The summed E-state index contributed by atoms with van der Waals surface area (Å²) in [5, 5.41) is 0.512. The third-order valence-electron chi connectivity index (χ3n) is 6.30. The van der Waals surface area contributed by atoms with E-state index in [0.29, 0.717) is 34.7 Å². The molecule has 1 aliphatic heterocycles. The van der Waals surface area contributed by atoms with E-state index in [1.807, 2.05) is 12.1 Å². The maximum Gasteiger partial charge on any atom is 0.265 e. The lowest BCUT2D eigenvalue weighted by atomic mass is 10.0. The number of hydrogen-bond donors (Lipinski definition) is 0. The molecule has 4 aromatic rings. The number of benzene rings is 3. The van der Waals surface area contributed by atoms with Crippen LogP contribution in [0.3, 0.4) is 0 Å². The van der Waals surface area contributed by atoms with Crippen LogP contribution in [0.25, 0.3) is 27.7 Å². The predicted octanol–water partition coefficient (Wildman–Crippen LogP) is 5.33. The third kappa shape index (κ3) is 4.88. The molecule has 3 aromatic carbocycles. The lowest BCUT2D eigenvalue weighted by Gasteiger charge is -2.17. The second kappa shape index (κ2) is 10.1. The maximum atomic E-state index is 13.5. The maximum absolute atomic E-state index is 13.5. The Labute approximate surface area is 207 Å². The van der Waals surface area contributed by atoms with E-state index in [4.69, 9.17) is 21.1 Å². The standard InChI is InChI=1S/C27H25ClFN3O3/c1-34-26-16-20(6-9-25(26)35-13-12-31-10-2-3-11-31)32-17-30-24-15-19(4-7-21(24)27(32)33)18-5-8-23(29)22(28)14-18/h4-9,14-17H,2-3,10-13H2,1H3. The van der Waals surface area contributed by atoms with Gasteiger partial charge in [-0.1, -0.05) is 23.7 Å². The van der Waals surface area contributed by atoms with Crippen molar-refractivity contribution in [3.8, 4) is 28.3 Å². The smallest absolute Gasteiger partial charge is 0.265 e. The van der Waals surface area contributed by atoms with E-state index in [1.165, 1.54) is 29.8 Å². The van der Waals surface area contributed by atoms with Crippen molar-refractivity contribution in [2.75, 3.05) is 33.4 Å². The number of ether oxygens (including phenoxy) is 2. The number of halogens is 2. The fourth-order valence-corrected chi connectivity index (χ4v) is 4.56. The van der Waals surface area contributed by atoms with Gasteiger partial charge in [-0.25, -0.2) is 9.37 Å². The highest BCUT2D eigenvalue weighted by Crippen LogP contribution is 2.30. The van der Waals surface area contributed by atoms with Crippen LogP contribution in [0.4, 0.5) is 4.39 Å². The quantitative estimate of drug-likeness (QED) is 0.348. The number of hydrogen-bond acceptors (Lipinski definition) is 5. The van der Waals surface area contributed by atoms with Crippen molar-refractivity contribution >= 4 is 22.5 Å². The summed E-state index contributed by atoms with van der Waals surface area (Å²) in [4.78, 5) is 20.1. The summed E-state index contributed by atoms with van der Waals surface area (Å²) >= 11 is 5.92. The molecular formula is C27H25ClFN3O3. The molecule has 0 saturated carbocycles. The minimum absolute atomic E-state index is 0.0448. The zero-order valence-corrected chi connectivity index (χ0v) is 20.1. The second-order valence-electron chi connectivity index (χ2n) is 8.51. The molecule has 1 fully saturated rings. The minimum atomic E-state index is -0.476. The molecule has 1 saturated heterocycles. The zero-order valence-electron chi connectivity index (χ0n) is 19.3. The van der Waals surface area contributed by atoms with Crippen LogP contribution in [-0.4, -0.2) is 47.8 Å². The van der Waals surface area contributed by atoms with E-state index in [1.54, 1.807) is 43.5 Å². The Morgan fingerprint density at radius 3 is 2.54 bits per heavy atom. The summed E-state index contributed by atoms with van der Waals surface area (Å²) in [5.74, 6) is 0.718. The second-order valence-corrected chi connectivity index (χ2v) is 8.92. The van der Waals surface area contributed by atoms with Gasteiger partial charge in [-0.05, 0) is 73.5 Å². The Morgan fingerprint density at radius 2 is 1.77 bits per heavy atom. The Morgan fingerprint density at radius 1 is 1.00 bits per heavy atom. The Bertz CT molecular complexity index is 1430. The first-order valence-corrected chi connectivity index (χ1v) is 11.9. The summed E-state index contributed by atoms with van der Waals surface area (Å²) in [6, 6.07) is 15.2. The number of likely N-dealkylation sites (tertiary alicyclic amines) is 1. The SMILES string of the molecule is COc1cc(-n2cnc3cc(-c4ccc(F)c(Cl)c4)ccc3c2=O)ccc1OCCN1CCCC1. The van der Waals surface area contributed by atoms with Crippen molar-refractivity contribution in [1.82, 2.24) is 14.5 Å². The normalized spacial score (nSPS) is 13.9. The van der Waals surface area contributed by atoms with Crippen LogP contribution in [0.1, 0.15) is 12.8 Å². The molecule has 0 amide bonds. The van der Waals surface area contributed by atoms with Gasteiger partial charge in [0.1, 0.15) is 18.8 Å². The largest absolute Gasteiger partial charge is 0.493 e. The van der Waals surface area contributed by atoms with E-state index in [9.17, 15) is 9.18 Å². The van der Waals surface area contributed by atoms with Crippen molar-refractivity contribution in [3.05, 3.63) is 82.1 Å². The molecule has 0 unspecified atom stereocenters. The highest BCUT2D eigenvalue weighted by atomic mass is 35.5. The van der Waals surface area contributed by atoms with Crippen molar-refractivity contribution in [3.63, 3.8) is 0 Å². The molecule has 0 bridgehead atoms. The molecular weight excluding hydrogens is 469 g/mol. The van der Waals surface area contributed by atoms with Crippen LogP contribution >= 0.6 is 11.6 Å². The van der Waals surface area contributed by atoms with Crippen molar-refractivity contribution in [2.24, 2.45) is 0 Å². The summed E-state index contributed by atoms with van der Waals surface area (Å²) in [6.07, 6.45) is 3.98. The highest BCUT2D eigenvalue weighted by Gasteiger charge is 2.14. The van der Waals surface area contributed by atoms with Gasteiger partial charge >= 0.3 is 0 Å². The molecule has 1 aromatic heterocycles. The van der Waals surface area contributed by atoms with Gasteiger partial charge in [-0.3, -0.25) is 14.3 Å². The first kappa shape index (κ1) is 23.3. The molecule has 35 heavy (non-hydrogen) atoms. The lowest BCUT2D eigenvalue weighted by Crippen LogP contribution is -2.25. The first-order valence-electron chi connectivity index (χ1n) is 11.5. The first-order chi connectivity index (χ1) is 17.0. The summed E-state index contributed by atoms with van der Waals surface area (Å²) in [6.45, 7) is 3.70. The van der Waals surface area contributed by atoms with Gasteiger partial charge in [0, 0.05) is 12.6 Å². The topological polar surface area (TPSA) is 56.6 Å². The average molecular weight is 494 g/mol. The van der Waals surface area contributed by atoms with Crippen molar-refractivity contribution < 1.29 is 13.9 Å². The van der Waals surface area contributed by atoms with Gasteiger partial charge in [0.05, 0.1) is 28.7 Å². The Hall–Kier alpha value is -3.42. The van der Waals surface area contributed by atoms with Crippen molar-refractivity contribution in [1.29, 1.82) is 0 Å². The van der Waals surface area contributed by atoms with Gasteiger partial charge in [-0.15, -0.1) is 0 Å². The third-order valence-corrected chi connectivity index (χ3v) is 6.59. The summed E-state index contributed by atoms with van der Waals surface area (Å²) in [7, 11) is 1.58. The molecule has 1 aliphatic rings. The molecule has 0 N–H and O–H groups in total.